The number of primary amides is 1. The van der Waals surface area contributed by atoms with E-state index in [1.807, 2.05) is 25.1 Å². The van der Waals surface area contributed by atoms with Crippen LogP contribution in [0.25, 0.3) is 11.5 Å². The van der Waals surface area contributed by atoms with Crippen LogP contribution in [0.4, 0.5) is 4.79 Å². The van der Waals surface area contributed by atoms with Crippen molar-refractivity contribution < 1.29 is 13.9 Å². The summed E-state index contributed by atoms with van der Waals surface area (Å²) in [5.41, 5.74) is 6.74. The third kappa shape index (κ3) is 3.31. The highest BCUT2D eigenvalue weighted by molar-refractivity contribution is 9.10. The molecule has 0 bridgehead atoms. The first-order valence-electron chi connectivity index (χ1n) is 5.58. The van der Waals surface area contributed by atoms with Crippen molar-refractivity contribution >= 4 is 22.0 Å². The minimum Gasteiger partial charge on any atom is -0.449 e. The topological polar surface area (TPSA) is 91.2 Å². The lowest BCUT2D eigenvalue weighted by Gasteiger charge is -2.02. The predicted molar refractivity (Wildman–Crippen MR) is 71.4 cm³/mol. The molecule has 0 aliphatic rings. The highest BCUT2D eigenvalue weighted by atomic mass is 79.9. The third-order valence-corrected chi connectivity index (χ3v) is 3.38. The number of carbonyl (C=O) groups is 1. The molecule has 1 heterocycles. The number of amides is 1. The van der Waals surface area contributed by atoms with E-state index >= 15 is 0 Å². The second-order valence-electron chi connectivity index (χ2n) is 3.83. The molecule has 2 N–H and O–H groups in total. The van der Waals surface area contributed by atoms with E-state index < -0.39 is 6.09 Å². The van der Waals surface area contributed by atoms with Gasteiger partial charge < -0.3 is 14.9 Å². The molecule has 1 aromatic heterocycles. The zero-order chi connectivity index (χ0) is 13.8. The third-order valence-electron chi connectivity index (χ3n) is 2.53. The fourth-order valence-electron chi connectivity index (χ4n) is 1.54. The molecule has 7 heteroatoms. The van der Waals surface area contributed by atoms with Crippen molar-refractivity contribution in [3.05, 3.63) is 34.1 Å². The normalized spacial score (nSPS) is 10.4. The van der Waals surface area contributed by atoms with Crippen molar-refractivity contribution in [2.45, 2.75) is 13.3 Å². The van der Waals surface area contributed by atoms with E-state index in [0.29, 0.717) is 18.2 Å². The summed E-state index contributed by atoms with van der Waals surface area (Å²) < 4.78 is 11.1. The summed E-state index contributed by atoms with van der Waals surface area (Å²) in [5.74, 6) is 0.837. The standard InChI is InChI=1S/C12H12BrN3O3/c1-7-8(3-2-4-9(7)13)11-16-15-10(19-11)5-6-18-12(14)17/h2-4H,5-6H2,1H3,(H2,14,17). The number of carbonyl (C=O) groups excluding carboxylic acids is 1. The van der Waals surface area contributed by atoms with Crippen molar-refractivity contribution in [3.63, 3.8) is 0 Å². The van der Waals surface area contributed by atoms with Crippen LogP contribution in [0.1, 0.15) is 11.5 Å². The van der Waals surface area contributed by atoms with Gasteiger partial charge in [-0.15, -0.1) is 10.2 Å². The largest absolute Gasteiger partial charge is 0.449 e. The fourth-order valence-corrected chi connectivity index (χ4v) is 1.91. The van der Waals surface area contributed by atoms with Crippen LogP contribution in [-0.2, 0) is 11.2 Å². The summed E-state index contributed by atoms with van der Waals surface area (Å²) in [4.78, 5) is 10.4. The van der Waals surface area contributed by atoms with Crippen LogP contribution in [0, 0.1) is 6.92 Å². The Hall–Kier alpha value is -1.89. The Balaban J connectivity index is 2.12. The molecule has 0 radical (unpaired) electrons. The first-order chi connectivity index (χ1) is 9.08. The van der Waals surface area contributed by atoms with Crippen molar-refractivity contribution in [1.29, 1.82) is 0 Å². The van der Waals surface area contributed by atoms with Gasteiger partial charge in [-0.25, -0.2) is 4.79 Å². The van der Waals surface area contributed by atoms with E-state index in [2.05, 4.69) is 30.9 Å². The molecule has 0 saturated carbocycles. The van der Waals surface area contributed by atoms with Gasteiger partial charge >= 0.3 is 6.09 Å². The molecule has 0 aliphatic heterocycles. The second-order valence-corrected chi connectivity index (χ2v) is 4.69. The van der Waals surface area contributed by atoms with Gasteiger partial charge in [-0.2, -0.15) is 0 Å². The molecular weight excluding hydrogens is 314 g/mol. The van der Waals surface area contributed by atoms with Gasteiger partial charge in [0.2, 0.25) is 11.8 Å². The van der Waals surface area contributed by atoms with Crippen LogP contribution in [0.2, 0.25) is 0 Å². The number of nitrogens with two attached hydrogens (primary N) is 1. The molecular formula is C12H12BrN3O3. The Morgan fingerprint density at radius 3 is 3.00 bits per heavy atom. The van der Waals surface area contributed by atoms with E-state index in [0.717, 1.165) is 15.6 Å². The lowest BCUT2D eigenvalue weighted by atomic mass is 10.1. The second kappa shape index (κ2) is 5.83. The molecule has 2 rings (SSSR count). The number of ether oxygens (including phenoxy) is 1. The molecule has 19 heavy (non-hydrogen) atoms. The summed E-state index contributed by atoms with van der Waals surface area (Å²) >= 11 is 3.45. The van der Waals surface area contributed by atoms with Crippen molar-refractivity contribution in [2.75, 3.05) is 6.61 Å². The number of nitrogens with zero attached hydrogens (tertiary/aromatic N) is 2. The summed E-state index contributed by atoms with van der Waals surface area (Å²) in [5, 5.41) is 7.87. The van der Waals surface area contributed by atoms with Crippen molar-refractivity contribution in [1.82, 2.24) is 10.2 Å². The number of hydrogen-bond acceptors (Lipinski definition) is 5. The molecule has 1 aromatic carbocycles. The monoisotopic (exact) mass is 325 g/mol. The molecule has 0 spiro atoms. The Morgan fingerprint density at radius 1 is 1.47 bits per heavy atom. The quantitative estimate of drug-likeness (QED) is 0.932. The van der Waals surface area contributed by atoms with Gasteiger partial charge in [0.15, 0.2) is 0 Å². The Kier molecular flexibility index (Phi) is 4.16. The zero-order valence-electron chi connectivity index (χ0n) is 10.2. The van der Waals surface area contributed by atoms with E-state index in [9.17, 15) is 4.79 Å². The van der Waals surface area contributed by atoms with Gasteiger partial charge in [0.25, 0.3) is 0 Å². The van der Waals surface area contributed by atoms with Crippen LogP contribution in [0.5, 0.6) is 0 Å². The first-order valence-corrected chi connectivity index (χ1v) is 6.37. The smallest absolute Gasteiger partial charge is 0.404 e. The van der Waals surface area contributed by atoms with E-state index in [-0.39, 0.29) is 6.61 Å². The molecule has 0 unspecified atom stereocenters. The van der Waals surface area contributed by atoms with Crippen molar-refractivity contribution in [2.24, 2.45) is 5.73 Å². The number of aromatic nitrogens is 2. The van der Waals surface area contributed by atoms with Gasteiger partial charge in [0, 0.05) is 10.0 Å². The number of hydrogen-bond donors (Lipinski definition) is 1. The molecule has 0 atom stereocenters. The molecule has 0 saturated heterocycles. The number of rotatable bonds is 4. The van der Waals surface area contributed by atoms with Crippen LogP contribution >= 0.6 is 15.9 Å². The van der Waals surface area contributed by atoms with Gasteiger partial charge in [-0.1, -0.05) is 22.0 Å². The summed E-state index contributed by atoms with van der Waals surface area (Å²) in [6, 6.07) is 5.74. The van der Waals surface area contributed by atoms with Gasteiger partial charge in [0.1, 0.15) is 6.61 Å². The van der Waals surface area contributed by atoms with Crippen LogP contribution < -0.4 is 5.73 Å². The zero-order valence-corrected chi connectivity index (χ0v) is 11.8. The SMILES string of the molecule is Cc1c(Br)cccc1-c1nnc(CCOC(N)=O)o1. The van der Waals surface area contributed by atoms with Gasteiger partial charge in [0.05, 0.1) is 6.42 Å². The molecule has 100 valence electrons. The minimum absolute atomic E-state index is 0.119. The van der Waals surface area contributed by atoms with Crippen molar-refractivity contribution in [3.8, 4) is 11.5 Å². The maximum atomic E-state index is 10.4. The maximum absolute atomic E-state index is 10.4. The lowest BCUT2D eigenvalue weighted by Crippen LogP contribution is -2.14. The summed E-state index contributed by atoms with van der Waals surface area (Å²) in [6.45, 7) is 2.08. The van der Waals surface area contributed by atoms with Crippen LogP contribution in [-0.4, -0.2) is 22.9 Å². The van der Waals surface area contributed by atoms with E-state index in [1.54, 1.807) is 0 Å². The average Bonchev–Trinajstić information content (AvgIpc) is 2.81. The predicted octanol–water partition coefficient (Wildman–Crippen LogP) is 2.45. The minimum atomic E-state index is -0.817. The number of benzene rings is 1. The van der Waals surface area contributed by atoms with E-state index in [4.69, 9.17) is 10.2 Å². The number of halogens is 1. The average molecular weight is 326 g/mol. The Bertz CT molecular complexity index is 598. The molecule has 0 aliphatic carbocycles. The molecule has 6 nitrogen and oxygen atoms in total. The van der Waals surface area contributed by atoms with Crippen LogP contribution in [0.3, 0.4) is 0 Å². The highest BCUT2D eigenvalue weighted by Gasteiger charge is 2.12. The maximum Gasteiger partial charge on any atom is 0.404 e. The van der Waals surface area contributed by atoms with E-state index in [1.165, 1.54) is 0 Å². The van der Waals surface area contributed by atoms with Crippen LogP contribution in [0.15, 0.2) is 27.1 Å². The fraction of sp³-hybridized carbons (Fsp3) is 0.250. The highest BCUT2D eigenvalue weighted by Crippen LogP contribution is 2.27. The summed E-state index contributed by atoms with van der Waals surface area (Å²) in [6.07, 6.45) is -0.481. The first kappa shape index (κ1) is 13.5. The lowest BCUT2D eigenvalue weighted by molar-refractivity contribution is 0.156. The Morgan fingerprint density at radius 2 is 2.26 bits per heavy atom. The van der Waals surface area contributed by atoms with Gasteiger partial charge in [-0.05, 0) is 24.6 Å². The molecule has 1 amide bonds. The van der Waals surface area contributed by atoms with Gasteiger partial charge in [-0.3, -0.25) is 0 Å². The Labute approximate surface area is 118 Å². The molecule has 0 fully saturated rings. The summed E-state index contributed by atoms with van der Waals surface area (Å²) in [7, 11) is 0. The molecule has 2 aromatic rings.